The van der Waals surface area contributed by atoms with Crippen LogP contribution >= 0.6 is 7.82 Å². The quantitative estimate of drug-likeness (QED) is 0.106. The standard InChI is InChI=1S/C26H55O4P/c1-6-9-10-11-12-13-14-15-16-17-18-19-20-21-22-23-24-28-31(27,29-25(4)7-2)30-26(5)8-3/h25-26H,6-24H2,1-5H3. The van der Waals surface area contributed by atoms with E-state index < -0.39 is 7.82 Å². The molecule has 0 saturated carbocycles. The molecule has 0 aliphatic carbocycles. The molecule has 0 spiro atoms. The Morgan fingerprint density at radius 1 is 0.548 bits per heavy atom. The van der Waals surface area contributed by atoms with Crippen molar-refractivity contribution >= 4 is 7.82 Å². The summed E-state index contributed by atoms with van der Waals surface area (Å²) < 4.78 is 29.6. The summed E-state index contributed by atoms with van der Waals surface area (Å²) in [5.74, 6) is 0. The lowest BCUT2D eigenvalue weighted by Crippen LogP contribution is -2.13. The van der Waals surface area contributed by atoms with Crippen LogP contribution in [-0.4, -0.2) is 18.8 Å². The molecule has 0 N–H and O–H groups in total. The number of hydrogen-bond donors (Lipinski definition) is 0. The van der Waals surface area contributed by atoms with E-state index in [9.17, 15) is 4.57 Å². The van der Waals surface area contributed by atoms with Crippen molar-refractivity contribution in [3.05, 3.63) is 0 Å². The van der Waals surface area contributed by atoms with Crippen molar-refractivity contribution in [3.8, 4) is 0 Å². The normalized spacial score (nSPS) is 15.6. The first-order valence-corrected chi connectivity index (χ1v) is 15.0. The molecule has 188 valence electrons. The predicted molar refractivity (Wildman–Crippen MR) is 135 cm³/mol. The van der Waals surface area contributed by atoms with Crippen molar-refractivity contribution in [1.82, 2.24) is 0 Å². The average molecular weight is 463 g/mol. The molecule has 2 atom stereocenters. The zero-order chi connectivity index (χ0) is 23.2. The minimum Gasteiger partial charge on any atom is -0.287 e. The monoisotopic (exact) mass is 462 g/mol. The van der Waals surface area contributed by atoms with Crippen LogP contribution in [-0.2, 0) is 18.1 Å². The van der Waals surface area contributed by atoms with Gasteiger partial charge in [-0.15, -0.1) is 0 Å². The molecule has 0 radical (unpaired) electrons. The Bertz CT molecular complexity index is 400. The molecule has 5 heteroatoms. The van der Waals surface area contributed by atoms with E-state index >= 15 is 0 Å². The van der Waals surface area contributed by atoms with Gasteiger partial charge < -0.3 is 0 Å². The van der Waals surface area contributed by atoms with Crippen molar-refractivity contribution in [2.45, 2.75) is 162 Å². The molecule has 0 aromatic carbocycles. The van der Waals surface area contributed by atoms with Crippen LogP contribution in [0.3, 0.4) is 0 Å². The van der Waals surface area contributed by atoms with Crippen LogP contribution in [0.15, 0.2) is 0 Å². The maximum atomic E-state index is 12.8. The van der Waals surface area contributed by atoms with E-state index in [4.69, 9.17) is 13.6 Å². The van der Waals surface area contributed by atoms with Gasteiger partial charge >= 0.3 is 7.82 Å². The fourth-order valence-corrected chi connectivity index (χ4v) is 5.21. The maximum absolute atomic E-state index is 12.8. The summed E-state index contributed by atoms with van der Waals surface area (Å²) >= 11 is 0. The number of rotatable bonds is 24. The van der Waals surface area contributed by atoms with Gasteiger partial charge in [-0.3, -0.25) is 13.6 Å². The summed E-state index contributed by atoms with van der Waals surface area (Å²) in [4.78, 5) is 0. The second kappa shape index (κ2) is 21.9. The first-order valence-electron chi connectivity index (χ1n) is 13.6. The molecular formula is C26H55O4P. The zero-order valence-electron chi connectivity index (χ0n) is 21.7. The first-order chi connectivity index (χ1) is 15.0. The zero-order valence-corrected chi connectivity index (χ0v) is 22.6. The second-order valence-corrected chi connectivity index (χ2v) is 10.8. The van der Waals surface area contributed by atoms with Crippen LogP contribution in [0.25, 0.3) is 0 Å². The third-order valence-electron chi connectivity index (χ3n) is 6.02. The van der Waals surface area contributed by atoms with Gasteiger partial charge in [0.2, 0.25) is 0 Å². The fraction of sp³-hybridized carbons (Fsp3) is 1.00. The Morgan fingerprint density at radius 2 is 0.871 bits per heavy atom. The van der Waals surface area contributed by atoms with Gasteiger partial charge in [-0.1, -0.05) is 117 Å². The molecule has 0 aromatic rings. The Hall–Kier alpha value is 0.110. The molecule has 0 aliphatic rings. The molecule has 0 rings (SSSR count). The van der Waals surface area contributed by atoms with E-state index in [0.717, 1.165) is 25.7 Å². The van der Waals surface area contributed by atoms with Crippen molar-refractivity contribution in [1.29, 1.82) is 0 Å². The van der Waals surface area contributed by atoms with E-state index in [0.29, 0.717) is 6.61 Å². The summed E-state index contributed by atoms with van der Waals surface area (Å²) in [6.45, 7) is 10.6. The van der Waals surface area contributed by atoms with Gasteiger partial charge in [-0.25, -0.2) is 4.57 Å². The number of phosphoric ester groups is 1. The topological polar surface area (TPSA) is 44.8 Å². The molecule has 0 aromatic heterocycles. The van der Waals surface area contributed by atoms with Gasteiger partial charge in [0.05, 0.1) is 18.8 Å². The van der Waals surface area contributed by atoms with Crippen molar-refractivity contribution < 1.29 is 18.1 Å². The van der Waals surface area contributed by atoms with Gasteiger partial charge in [0.25, 0.3) is 0 Å². The van der Waals surface area contributed by atoms with E-state index in [2.05, 4.69) is 6.92 Å². The molecule has 31 heavy (non-hydrogen) atoms. The Labute approximate surface area is 195 Å². The summed E-state index contributed by atoms with van der Waals surface area (Å²) in [7, 11) is -3.45. The van der Waals surface area contributed by atoms with E-state index in [-0.39, 0.29) is 12.2 Å². The predicted octanol–water partition coefficient (Wildman–Crippen LogP) is 10.0. The molecular weight excluding hydrogens is 407 g/mol. The molecule has 0 amide bonds. The van der Waals surface area contributed by atoms with Crippen molar-refractivity contribution in [2.75, 3.05) is 6.61 Å². The minimum absolute atomic E-state index is 0.124. The lowest BCUT2D eigenvalue weighted by molar-refractivity contribution is 0.0591. The SMILES string of the molecule is CCCCCCCCCCCCCCCCCCOP(=O)(OC(C)CC)OC(C)CC. The third-order valence-corrected chi connectivity index (χ3v) is 7.75. The molecule has 4 nitrogen and oxygen atoms in total. The van der Waals surface area contributed by atoms with Gasteiger partial charge in [-0.2, -0.15) is 0 Å². The van der Waals surface area contributed by atoms with Crippen LogP contribution < -0.4 is 0 Å². The molecule has 2 unspecified atom stereocenters. The largest absolute Gasteiger partial charge is 0.475 e. The maximum Gasteiger partial charge on any atom is 0.475 e. The number of unbranched alkanes of at least 4 members (excludes halogenated alkanes) is 15. The Morgan fingerprint density at radius 3 is 1.19 bits per heavy atom. The van der Waals surface area contributed by atoms with E-state index in [1.165, 1.54) is 89.9 Å². The van der Waals surface area contributed by atoms with E-state index in [1.54, 1.807) is 0 Å². The molecule has 0 bridgehead atoms. The highest BCUT2D eigenvalue weighted by molar-refractivity contribution is 7.48. The molecule has 0 fully saturated rings. The van der Waals surface area contributed by atoms with Crippen LogP contribution in [0.1, 0.15) is 150 Å². The van der Waals surface area contributed by atoms with Crippen molar-refractivity contribution in [3.63, 3.8) is 0 Å². The average Bonchev–Trinajstić information content (AvgIpc) is 2.75. The Balaban J connectivity index is 3.58. The molecule has 0 heterocycles. The third kappa shape index (κ3) is 20.4. The van der Waals surface area contributed by atoms with Gasteiger partial charge in [0.1, 0.15) is 0 Å². The van der Waals surface area contributed by atoms with E-state index in [1.807, 2.05) is 27.7 Å². The minimum atomic E-state index is -3.45. The molecule has 0 saturated heterocycles. The summed E-state index contributed by atoms with van der Waals surface area (Å²) in [6.07, 6.45) is 22.7. The highest BCUT2D eigenvalue weighted by Gasteiger charge is 2.30. The van der Waals surface area contributed by atoms with Crippen LogP contribution in [0, 0.1) is 0 Å². The highest BCUT2D eigenvalue weighted by Crippen LogP contribution is 2.52. The summed E-state index contributed by atoms with van der Waals surface area (Å²) in [5.41, 5.74) is 0. The first kappa shape index (κ1) is 31.1. The number of phosphoric acid groups is 1. The summed E-state index contributed by atoms with van der Waals surface area (Å²) in [5, 5.41) is 0. The molecule has 0 aliphatic heterocycles. The van der Waals surface area contributed by atoms with Gasteiger partial charge in [0, 0.05) is 0 Å². The smallest absolute Gasteiger partial charge is 0.287 e. The Kier molecular flexibility index (Phi) is 22.0. The second-order valence-electron chi connectivity index (χ2n) is 9.23. The lowest BCUT2D eigenvalue weighted by atomic mass is 10.0. The van der Waals surface area contributed by atoms with Crippen molar-refractivity contribution in [2.24, 2.45) is 0 Å². The lowest BCUT2D eigenvalue weighted by Gasteiger charge is -2.23. The highest BCUT2D eigenvalue weighted by atomic mass is 31.2. The van der Waals surface area contributed by atoms with Gasteiger partial charge in [-0.05, 0) is 33.1 Å². The van der Waals surface area contributed by atoms with Crippen LogP contribution in [0.4, 0.5) is 0 Å². The van der Waals surface area contributed by atoms with Crippen LogP contribution in [0.5, 0.6) is 0 Å². The fourth-order valence-electron chi connectivity index (χ4n) is 3.50. The van der Waals surface area contributed by atoms with Crippen LogP contribution in [0.2, 0.25) is 0 Å². The van der Waals surface area contributed by atoms with Gasteiger partial charge in [0.15, 0.2) is 0 Å². The summed E-state index contributed by atoms with van der Waals surface area (Å²) in [6, 6.07) is 0. The number of hydrogen-bond acceptors (Lipinski definition) is 4.